The Bertz CT molecular complexity index is 683. The van der Waals surface area contributed by atoms with Gasteiger partial charge in [-0.3, -0.25) is 4.79 Å². The van der Waals surface area contributed by atoms with Crippen LogP contribution in [0.2, 0.25) is 0 Å². The molecule has 0 aliphatic carbocycles. The zero-order chi connectivity index (χ0) is 14.9. The van der Waals surface area contributed by atoms with E-state index in [0.717, 1.165) is 24.1 Å². The minimum atomic E-state index is 0.327. The molecule has 0 amide bonds. The third-order valence-corrected chi connectivity index (χ3v) is 4.95. The van der Waals surface area contributed by atoms with Crippen LogP contribution in [0.15, 0.2) is 48.5 Å². The topological polar surface area (TPSA) is 41.1 Å². The molecule has 2 N–H and O–H groups in total. The molecule has 22 heavy (non-hydrogen) atoms. The number of nitrogens with one attached hydrogen (secondary N) is 2. The number of aldehydes is 1. The predicted octanol–water partition coefficient (Wildman–Crippen LogP) is 3.71. The van der Waals surface area contributed by atoms with E-state index in [0.29, 0.717) is 18.0 Å². The van der Waals surface area contributed by atoms with E-state index >= 15 is 0 Å². The van der Waals surface area contributed by atoms with Crippen LogP contribution in [-0.4, -0.2) is 12.8 Å². The van der Waals surface area contributed by atoms with Crippen molar-refractivity contribution in [3.63, 3.8) is 0 Å². The van der Waals surface area contributed by atoms with Crippen LogP contribution in [-0.2, 0) is 0 Å². The first-order valence-corrected chi connectivity index (χ1v) is 8.01. The summed E-state index contributed by atoms with van der Waals surface area (Å²) in [7, 11) is 0. The van der Waals surface area contributed by atoms with Crippen molar-refractivity contribution in [3.05, 3.63) is 65.2 Å². The summed E-state index contributed by atoms with van der Waals surface area (Å²) in [5, 5.41) is 7.38. The van der Waals surface area contributed by atoms with Gasteiger partial charge in [0.15, 0.2) is 0 Å². The molecule has 0 saturated carbocycles. The van der Waals surface area contributed by atoms with Gasteiger partial charge in [0.25, 0.3) is 0 Å². The highest BCUT2D eigenvalue weighted by atomic mass is 16.1. The molecule has 3 atom stereocenters. The average molecular weight is 292 g/mol. The lowest BCUT2D eigenvalue weighted by Crippen LogP contribution is -2.42. The van der Waals surface area contributed by atoms with Gasteiger partial charge >= 0.3 is 0 Å². The zero-order valence-corrected chi connectivity index (χ0v) is 12.5. The van der Waals surface area contributed by atoms with Crippen LogP contribution in [0.4, 0.5) is 5.69 Å². The molecule has 2 aromatic carbocycles. The van der Waals surface area contributed by atoms with E-state index in [-0.39, 0.29) is 0 Å². The number of anilines is 1. The quantitative estimate of drug-likeness (QED) is 0.829. The number of piperidine rings is 1. The van der Waals surface area contributed by atoms with E-state index in [9.17, 15) is 4.79 Å². The van der Waals surface area contributed by atoms with Crippen LogP contribution in [0.5, 0.6) is 0 Å². The molecular weight excluding hydrogens is 272 g/mol. The number of hydrogen-bond donors (Lipinski definition) is 2. The lowest BCUT2D eigenvalue weighted by Gasteiger charge is -2.44. The van der Waals surface area contributed by atoms with Gasteiger partial charge in [-0.05, 0) is 48.7 Å². The third kappa shape index (κ3) is 2.22. The Labute approximate surface area is 130 Å². The van der Waals surface area contributed by atoms with Crippen LogP contribution in [0.25, 0.3) is 0 Å². The first-order valence-electron chi connectivity index (χ1n) is 8.01. The Morgan fingerprint density at radius 2 is 1.91 bits per heavy atom. The van der Waals surface area contributed by atoms with Crippen LogP contribution in [0.3, 0.4) is 0 Å². The molecule has 2 heterocycles. The van der Waals surface area contributed by atoms with Gasteiger partial charge in [-0.25, -0.2) is 0 Å². The van der Waals surface area contributed by atoms with Crippen LogP contribution < -0.4 is 10.6 Å². The molecule has 0 bridgehead atoms. The summed E-state index contributed by atoms with van der Waals surface area (Å²) < 4.78 is 0. The van der Waals surface area contributed by atoms with E-state index in [2.05, 4.69) is 41.0 Å². The Morgan fingerprint density at radius 1 is 1.05 bits per heavy atom. The van der Waals surface area contributed by atoms with Crippen LogP contribution in [0.1, 0.15) is 46.4 Å². The van der Waals surface area contributed by atoms with E-state index < -0.39 is 0 Å². The Balaban J connectivity index is 1.79. The molecule has 3 heteroatoms. The number of rotatable bonds is 2. The van der Waals surface area contributed by atoms with Gasteiger partial charge in [-0.1, -0.05) is 30.3 Å². The van der Waals surface area contributed by atoms with Crippen molar-refractivity contribution >= 4 is 12.0 Å². The van der Waals surface area contributed by atoms with Crippen molar-refractivity contribution < 1.29 is 4.79 Å². The lowest BCUT2D eigenvalue weighted by atomic mass is 9.75. The van der Waals surface area contributed by atoms with Gasteiger partial charge in [0.2, 0.25) is 0 Å². The molecule has 0 spiro atoms. The fourth-order valence-electron chi connectivity index (χ4n) is 3.92. The molecule has 3 nitrogen and oxygen atoms in total. The molecule has 112 valence electrons. The van der Waals surface area contributed by atoms with Crippen molar-refractivity contribution in [3.8, 4) is 0 Å². The Hall–Kier alpha value is -2.13. The molecule has 4 rings (SSSR count). The lowest BCUT2D eigenvalue weighted by molar-refractivity contribution is 0.112. The van der Waals surface area contributed by atoms with Gasteiger partial charge in [0.05, 0.1) is 6.04 Å². The molecule has 0 radical (unpaired) electrons. The van der Waals surface area contributed by atoms with Crippen molar-refractivity contribution in [1.29, 1.82) is 0 Å². The number of fused-ring (bicyclic) bond motifs is 3. The van der Waals surface area contributed by atoms with Crippen LogP contribution in [0, 0.1) is 5.92 Å². The maximum atomic E-state index is 11.1. The number of carbonyl (C=O) groups excluding carboxylic acids is 1. The number of carbonyl (C=O) groups is 1. The van der Waals surface area contributed by atoms with Gasteiger partial charge in [-0.15, -0.1) is 0 Å². The minimum Gasteiger partial charge on any atom is -0.378 e. The maximum Gasteiger partial charge on any atom is 0.150 e. The van der Waals surface area contributed by atoms with Crippen molar-refractivity contribution in [2.24, 2.45) is 5.92 Å². The third-order valence-electron chi connectivity index (χ3n) is 4.95. The second kappa shape index (κ2) is 5.58. The second-order valence-electron chi connectivity index (χ2n) is 6.24. The highest BCUT2D eigenvalue weighted by Gasteiger charge is 2.38. The van der Waals surface area contributed by atoms with Crippen LogP contribution >= 0.6 is 0 Å². The monoisotopic (exact) mass is 292 g/mol. The summed E-state index contributed by atoms with van der Waals surface area (Å²) in [6, 6.07) is 17.3. The molecule has 2 aliphatic heterocycles. The SMILES string of the molecule is O=Cc1ccc2c(c1)C1NCCCC1C(c1ccccc1)N2. The molecule has 1 fully saturated rings. The smallest absolute Gasteiger partial charge is 0.150 e. The number of hydrogen-bond acceptors (Lipinski definition) is 3. The average Bonchev–Trinajstić information content (AvgIpc) is 2.61. The fraction of sp³-hybridized carbons (Fsp3) is 0.316. The molecule has 2 aliphatic rings. The van der Waals surface area contributed by atoms with Gasteiger partial charge in [-0.2, -0.15) is 0 Å². The standard InChI is InChI=1S/C19H20N2O/c22-12-13-8-9-17-16(11-13)19-15(7-4-10-20-19)18(21-17)14-5-2-1-3-6-14/h1-3,5-6,8-9,11-12,15,18-21H,4,7,10H2. The first kappa shape index (κ1) is 13.5. The maximum absolute atomic E-state index is 11.1. The fourth-order valence-corrected chi connectivity index (χ4v) is 3.92. The molecule has 0 aromatic heterocycles. The Kier molecular flexibility index (Phi) is 3.43. The summed E-state index contributed by atoms with van der Waals surface area (Å²) in [5.41, 5.74) is 4.48. The molecule has 2 aromatic rings. The predicted molar refractivity (Wildman–Crippen MR) is 88.1 cm³/mol. The van der Waals surface area contributed by atoms with Gasteiger partial charge in [0, 0.05) is 23.2 Å². The summed E-state index contributed by atoms with van der Waals surface area (Å²) in [5.74, 6) is 0.519. The van der Waals surface area contributed by atoms with Crippen molar-refractivity contribution in [2.75, 3.05) is 11.9 Å². The molecule has 1 saturated heterocycles. The second-order valence-corrected chi connectivity index (χ2v) is 6.24. The highest BCUT2D eigenvalue weighted by Crippen LogP contribution is 2.46. The zero-order valence-electron chi connectivity index (χ0n) is 12.5. The van der Waals surface area contributed by atoms with Gasteiger partial charge < -0.3 is 10.6 Å². The van der Waals surface area contributed by atoms with E-state index in [4.69, 9.17) is 0 Å². The number of benzene rings is 2. The summed E-state index contributed by atoms with van der Waals surface area (Å²) in [6.07, 6.45) is 3.34. The summed E-state index contributed by atoms with van der Waals surface area (Å²) >= 11 is 0. The van der Waals surface area contributed by atoms with Crippen molar-refractivity contribution in [2.45, 2.75) is 24.9 Å². The Morgan fingerprint density at radius 3 is 2.73 bits per heavy atom. The van der Waals surface area contributed by atoms with Gasteiger partial charge in [0.1, 0.15) is 6.29 Å². The summed E-state index contributed by atoms with van der Waals surface area (Å²) in [6.45, 7) is 1.05. The van der Waals surface area contributed by atoms with E-state index in [1.807, 2.05) is 18.2 Å². The molecular formula is C19H20N2O. The normalized spacial score (nSPS) is 26.5. The van der Waals surface area contributed by atoms with E-state index in [1.54, 1.807) is 0 Å². The molecule has 3 unspecified atom stereocenters. The highest BCUT2D eigenvalue weighted by molar-refractivity contribution is 5.77. The van der Waals surface area contributed by atoms with E-state index in [1.165, 1.54) is 24.0 Å². The largest absolute Gasteiger partial charge is 0.378 e. The first-order chi connectivity index (χ1) is 10.9. The summed E-state index contributed by atoms with van der Waals surface area (Å²) in [4.78, 5) is 11.1. The minimum absolute atomic E-state index is 0.327. The van der Waals surface area contributed by atoms with Crippen molar-refractivity contribution in [1.82, 2.24) is 5.32 Å².